The van der Waals surface area contributed by atoms with E-state index in [0.717, 1.165) is 22.6 Å². The summed E-state index contributed by atoms with van der Waals surface area (Å²) < 4.78 is 33.1. The predicted molar refractivity (Wildman–Crippen MR) is 188 cm³/mol. The Morgan fingerprint density at radius 1 is 0.510 bits per heavy atom. The molecule has 0 amide bonds. The zero-order chi connectivity index (χ0) is 34.6. The lowest BCUT2D eigenvalue weighted by Crippen LogP contribution is -2.28. The first kappa shape index (κ1) is 35.1. The van der Waals surface area contributed by atoms with Gasteiger partial charge in [0.1, 0.15) is 37.9 Å². The molecule has 8 heteroatoms. The van der Waals surface area contributed by atoms with Gasteiger partial charge in [0.2, 0.25) is 0 Å². The van der Waals surface area contributed by atoms with Crippen LogP contribution in [0.1, 0.15) is 36.1 Å². The number of rotatable bonds is 18. The molecule has 4 aromatic rings. The largest absolute Gasteiger partial charge is 0.491 e. The molecule has 0 fully saturated rings. The molecule has 0 saturated carbocycles. The van der Waals surface area contributed by atoms with Crippen molar-refractivity contribution in [1.82, 2.24) is 0 Å². The van der Waals surface area contributed by atoms with Gasteiger partial charge in [-0.2, -0.15) is 0 Å². The van der Waals surface area contributed by atoms with Crippen molar-refractivity contribution in [3.63, 3.8) is 0 Å². The van der Waals surface area contributed by atoms with E-state index in [1.807, 2.05) is 24.3 Å². The number of ether oxygens (including phenoxy) is 6. The van der Waals surface area contributed by atoms with Crippen LogP contribution < -0.4 is 9.47 Å². The van der Waals surface area contributed by atoms with Crippen molar-refractivity contribution >= 4 is 11.9 Å². The highest BCUT2D eigenvalue weighted by Crippen LogP contribution is 2.56. The molecule has 0 N–H and O–H groups in total. The molecule has 0 heterocycles. The maximum absolute atomic E-state index is 11.5. The van der Waals surface area contributed by atoms with E-state index in [1.54, 1.807) is 13.8 Å². The van der Waals surface area contributed by atoms with Gasteiger partial charge in [-0.1, -0.05) is 86.0 Å². The first-order valence-electron chi connectivity index (χ1n) is 16.3. The lowest BCUT2D eigenvalue weighted by Gasteiger charge is -2.34. The van der Waals surface area contributed by atoms with E-state index in [-0.39, 0.29) is 26.4 Å². The van der Waals surface area contributed by atoms with Crippen LogP contribution in [0.5, 0.6) is 11.5 Å². The fourth-order valence-corrected chi connectivity index (χ4v) is 5.90. The van der Waals surface area contributed by atoms with Crippen LogP contribution in [0, 0.1) is 0 Å². The van der Waals surface area contributed by atoms with Gasteiger partial charge in [-0.25, -0.2) is 9.59 Å². The van der Waals surface area contributed by atoms with Gasteiger partial charge in [0.15, 0.2) is 0 Å². The van der Waals surface area contributed by atoms with E-state index in [0.29, 0.717) is 37.6 Å². The van der Waals surface area contributed by atoms with Crippen LogP contribution >= 0.6 is 0 Å². The lowest BCUT2D eigenvalue weighted by atomic mass is 9.68. The summed E-state index contributed by atoms with van der Waals surface area (Å²) in [6.07, 6.45) is 0. The summed E-state index contributed by atoms with van der Waals surface area (Å²) in [4.78, 5) is 23.0. The minimum absolute atomic E-state index is 0.170. The normalized spacial score (nSPS) is 12.4. The second kappa shape index (κ2) is 16.8. The van der Waals surface area contributed by atoms with Crippen molar-refractivity contribution in [2.24, 2.45) is 0 Å². The SMILES string of the molecule is C=C(C)C(=O)OCCOCCOc1ccc(C2(c3ccc(OCCOCCOC(=O)C(=C)C)cc3)c3ccccc3-c3ccccc32)cc1. The number of hydrogen-bond acceptors (Lipinski definition) is 8. The summed E-state index contributed by atoms with van der Waals surface area (Å²) in [6, 6.07) is 33.6. The smallest absolute Gasteiger partial charge is 0.333 e. The minimum Gasteiger partial charge on any atom is -0.491 e. The first-order chi connectivity index (χ1) is 23.8. The molecular weight excluding hydrogens is 620 g/mol. The van der Waals surface area contributed by atoms with Gasteiger partial charge in [-0.15, -0.1) is 0 Å². The number of carbonyl (C=O) groups excluding carboxylic acids is 2. The third kappa shape index (κ3) is 8.28. The molecular formula is C41H42O8. The van der Waals surface area contributed by atoms with E-state index >= 15 is 0 Å². The summed E-state index contributed by atoms with van der Waals surface area (Å²) in [5.41, 5.74) is 7.22. The Bertz CT molecular complexity index is 1630. The van der Waals surface area contributed by atoms with Crippen LogP contribution in [-0.4, -0.2) is 64.8 Å². The molecule has 1 aliphatic carbocycles. The molecule has 254 valence electrons. The fraction of sp³-hybridized carbons (Fsp3) is 0.268. The van der Waals surface area contributed by atoms with Crippen molar-refractivity contribution in [2.75, 3.05) is 52.9 Å². The van der Waals surface area contributed by atoms with Gasteiger partial charge in [-0.05, 0) is 71.5 Å². The number of hydrogen-bond donors (Lipinski definition) is 0. The zero-order valence-corrected chi connectivity index (χ0v) is 28.1. The molecule has 1 aliphatic rings. The highest BCUT2D eigenvalue weighted by Gasteiger charge is 2.45. The summed E-state index contributed by atoms with van der Waals surface area (Å²) in [6.45, 7) is 12.7. The van der Waals surface area contributed by atoms with E-state index < -0.39 is 17.4 Å². The van der Waals surface area contributed by atoms with Gasteiger partial charge in [-0.3, -0.25) is 0 Å². The molecule has 0 aliphatic heterocycles. The van der Waals surface area contributed by atoms with Gasteiger partial charge in [0.05, 0.1) is 31.8 Å². The first-order valence-corrected chi connectivity index (χ1v) is 16.3. The average molecular weight is 663 g/mol. The molecule has 5 rings (SSSR count). The number of esters is 2. The fourth-order valence-electron chi connectivity index (χ4n) is 5.90. The topological polar surface area (TPSA) is 89.5 Å². The Labute approximate surface area is 287 Å². The Morgan fingerprint density at radius 3 is 1.27 bits per heavy atom. The highest BCUT2D eigenvalue weighted by atomic mass is 16.6. The monoisotopic (exact) mass is 662 g/mol. The predicted octanol–water partition coefficient (Wildman–Crippen LogP) is 7.08. The van der Waals surface area contributed by atoms with E-state index in [9.17, 15) is 9.59 Å². The van der Waals surface area contributed by atoms with Gasteiger partial charge in [0, 0.05) is 11.1 Å². The molecule has 0 spiro atoms. The average Bonchev–Trinajstić information content (AvgIpc) is 3.42. The standard InChI is InChI=1S/C41H42O8/c1-29(2)39(42)48-27-23-44-21-25-46-33-17-13-31(14-18-33)41(37-11-7-5-9-35(37)36-10-6-8-12-38(36)41)32-15-19-34(20-16-32)47-26-22-45-24-28-49-40(43)30(3)4/h5-20H,1,3,21-28H2,2,4H3. The van der Waals surface area contributed by atoms with E-state index in [2.05, 4.69) is 86.0 Å². The molecule has 0 aromatic heterocycles. The Morgan fingerprint density at radius 2 is 0.878 bits per heavy atom. The van der Waals surface area contributed by atoms with Crippen LogP contribution in [0.25, 0.3) is 11.1 Å². The molecule has 49 heavy (non-hydrogen) atoms. The molecule has 0 unspecified atom stereocenters. The third-order valence-electron chi connectivity index (χ3n) is 8.14. The maximum Gasteiger partial charge on any atom is 0.333 e. The Hall–Kier alpha value is -5.18. The molecule has 0 atom stereocenters. The number of fused-ring (bicyclic) bond motifs is 3. The Kier molecular flexibility index (Phi) is 12.0. The summed E-state index contributed by atoms with van der Waals surface area (Å²) in [7, 11) is 0. The van der Waals surface area contributed by atoms with Crippen LogP contribution in [0.15, 0.2) is 121 Å². The van der Waals surface area contributed by atoms with Crippen molar-refractivity contribution in [2.45, 2.75) is 19.3 Å². The molecule has 4 aromatic carbocycles. The molecule has 0 radical (unpaired) electrons. The van der Waals surface area contributed by atoms with Crippen LogP contribution in [0.4, 0.5) is 0 Å². The quantitative estimate of drug-likeness (QED) is 0.0559. The lowest BCUT2D eigenvalue weighted by molar-refractivity contribution is -0.141. The second-order valence-electron chi connectivity index (χ2n) is 11.6. The third-order valence-corrected chi connectivity index (χ3v) is 8.14. The maximum atomic E-state index is 11.5. The van der Waals surface area contributed by atoms with Crippen molar-refractivity contribution in [3.05, 3.63) is 144 Å². The minimum atomic E-state index is -0.557. The van der Waals surface area contributed by atoms with E-state index in [4.69, 9.17) is 28.4 Å². The summed E-state index contributed by atoms with van der Waals surface area (Å²) in [5, 5.41) is 0. The molecule has 8 nitrogen and oxygen atoms in total. The van der Waals surface area contributed by atoms with Gasteiger partial charge < -0.3 is 28.4 Å². The Balaban J connectivity index is 1.28. The van der Waals surface area contributed by atoms with E-state index in [1.165, 1.54) is 22.3 Å². The van der Waals surface area contributed by atoms with Crippen LogP contribution in [0.3, 0.4) is 0 Å². The van der Waals surface area contributed by atoms with Crippen molar-refractivity contribution in [1.29, 1.82) is 0 Å². The number of benzene rings is 4. The van der Waals surface area contributed by atoms with Gasteiger partial charge in [0.25, 0.3) is 0 Å². The molecule has 0 saturated heterocycles. The van der Waals surface area contributed by atoms with Crippen molar-refractivity contribution < 1.29 is 38.0 Å². The summed E-state index contributed by atoms with van der Waals surface area (Å²) in [5.74, 6) is 0.619. The highest BCUT2D eigenvalue weighted by molar-refractivity contribution is 5.87. The summed E-state index contributed by atoms with van der Waals surface area (Å²) >= 11 is 0. The molecule has 0 bridgehead atoms. The van der Waals surface area contributed by atoms with Gasteiger partial charge >= 0.3 is 11.9 Å². The van der Waals surface area contributed by atoms with Crippen LogP contribution in [0.2, 0.25) is 0 Å². The van der Waals surface area contributed by atoms with Crippen molar-refractivity contribution in [3.8, 4) is 22.6 Å². The number of carbonyl (C=O) groups is 2. The zero-order valence-electron chi connectivity index (χ0n) is 28.1. The second-order valence-corrected chi connectivity index (χ2v) is 11.6. The van der Waals surface area contributed by atoms with Crippen LogP contribution in [-0.2, 0) is 34.0 Å².